The van der Waals surface area contributed by atoms with Gasteiger partial charge in [-0.05, 0) is 26.0 Å². The molecule has 1 rings (SSSR count). The van der Waals surface area contributed by atoms with E-state index in [0.717, 1.165) is 16.7 Å². The summed E-state index contributed by atoms with van der Waals surface area (Å²) in [7, 11) is 0. The smallest absolute Gasteiger partial charge is 0.176 e. The zero-order valence-corrected chi connectivity index (χ0v) is 9.92. The van der Waals surface area contributed by atoms with Crippen LogP contribution in [0.3, 0.4) is 0 Å². The molecule has 1 aromatic carbocycles. The van der Waals surface area contributed by atoms with Gasteiger partial charge in [-0.3, -0.25) is 4.79 Å². The van der Waals surface area contributed by atoms with Gasteiger partial charge in [0.25, 0.3) is 0 Å². The molecule has 0 aromatic heterocycles. The molecular weight excluding hydrogens is 186 g/mol. The standard InChI is InChI=1S/C13H19NO/c1-9(2)14-8-13(15)12-6-10(3)5-11(4)7-12/h5-7,9,14H,8H2,1-4H3. The van der Waals surface area contributed by atoms with Crippen LogP contribution in [0.2, 0.25) is 0 Å². The van der Waals surface area contributed by atoms with Gasteiger partial charge in [0.15, 0.2) is 5.78 Å². The molecule has 0 heterocycles. The maximum atomic E-state index is 11.8. The Labute approximate surface area is 91.7 Å². The third-order valence-electron chi connectivity index (χ3n) is 2.21. The maximum absolute atomic E-state index is 11.8. The zero-order chi connectivity index (χ0) is 11.4. The van der Waals surface area contributed by atoms with E-state index < -0.39 is 0 Å². The van der Waals surface area contributed by atoms with Crippen molar-refractivity contribution in [2.45, 2.75) is 33.7 Å². The quantitative estimate of drug-likeness (QED) is 0.765. The van der Waals surface area contributed by atoms with Crippen LogP contribution in [0.15, 0.2) is 18.2 Å². The topological polar surface area (TPSA) is 29.1 Å². The van der Waals surface area contributed by atoms with Crippen LogP contribution in [0.25, 0.3) is 0 Å². The molecule has 0 fully saturated rings. The first-order valence-corrected chi connectivity index (χ1v) is 5.34. The number of aryl methyl sites for hydroxylation is 2. The highest BCUT2D eigenvalue weighted by Crippen LogP contribution is 2.09. The Balaban J connectivity index is 2.73. The van der Waals surface area contributed by atoms with Gasteiger partial charge in [-0.15, -0.1) is 0 Å². The first-order valence-electron chi connectivity index (χ1n) is 5.34. The third kappa shape index (κ3) is 3.84. The van der Waals surface area contributed by atoms with Crippen molar-refractivity contribution in [2.24, 2.45) is 0 Å². The van der Waals surface area contributed by atoms with Gasteiger partial charge < -0.3 is 5.32 Å². The maximum Gasteiger partial charge on any atom is 0.176 e. The Morgan fingerprint density at radius 1 is 1.20 bits per heavy atom. The van der Waals surface area contributed by atoms with E-state index in [1.165, 1.54) is 0 Å². The Bertz CT molecular complexity index is 335. The Hall–Kier alpha value is -1.15. The molecule has 0 spiro atoms. The van der Waals surface area contributed by atoms with Crippen molar-refractivity contribution >= 4 is 5.78 Å². The summed E-state index contributed by atoms with van der Waals surface area (Å²) in [6.07, 6.45) is 0. The second-order valence-electron chi connectivity index (χ2n) is 4.34. The molecule has 0 atom stereocenters. The third-order valence-corrected chi connectivity index (χ3v) is 2.21. The minimum Gasteiger partial charge on any atom is -0.307 e. The fourth-order valence-electron chi connectivity index (χ4n) is 1.53. The Kier molecular flexibility index (Phi) is 4.04. The van der Waals surface area contributed by atoms with E-state index in [-0.39, 0.29) is 5.78 Å². The molecule has 15 heavy (non-hydrogen) atoms. The molecule has 82 valence electrons. The monoisotopic (exact) mass is 205 g/mol. The second-order valence-corrected chi connectivity index (χ2v) is 4.34. The van der Waals surface area contributed by atoms with Crippen LogP contribution in [-0.2, 0) is 0 Å². The molecular formula is C13H19NO. The first kappa shape index (κ1) is 11.9. The number of nitrogens with one attached hydrogen (secondary N) is 1. The number of benzene rings is 1. The molecule has 0 bridgehead atoms. The molecule has 0 unspecified atom stereocenters. The number of carbonyl (C=O) groups is 1. The van der Waals surface area contributed by atoms with E-state index in [0.29, 0.717) is 12.6 Å². The van der Waals surface area contributed by atoms with Crippen LogP contribution in [0, 0.1) is 13.8 Å². The van der Waals surface area contributed by atoms with Crippen LogP contribution in [-0.4, -0.2) is 18.4 Å². The molecule has 0 aliphatic heterocycles. The van der Waals surface area contributed by atoms with E-state index in [1.807, 2.05) is 39.8 Å². The Morgan fingerprint density at radius 3 is 2.20 bits per heavy atom. The molecule has 2 nitrogen and oxygen atoms in total. The molecule has 0 saturated carbocycles. The Morgan fingerprint density at radius 2 is 1.73 bits per heavy atom. The number of hydrogen-bond acceptors (Lipinski definition) is 2. The van der Waals surface area contributed by atoms with Crippen molar-refractivity contribution < 1.29 is 4.79 Å². The summed E-state index contributed by atoms with van der Waals surface area (Å²) >= 11 is 0. The highest BCUT2D eigenvalue weighted by atomic mass is 16.1. The van der Waals surface area contributed by atoms with Gasteiger partial charge in [0.1, 0.15) is 0 Å². The lowest BCUT2D eigenvalue weighted by Crippen LogP contribution is -2.29. The van der Waals surface area contributed by atoms with Gasteiger partial charge in [-0.2, -0.15) is 0 Å². The summed E-state index contributed by atoms with van der Waals surface area (Å²) < 4.78 is 0. The SMILES string of the molecule is Cc1cc(C)cc(C(=O)CNC(C)C)c1. The average molecular weight is 205 g/mol. The summed E-state index contributed by atoms with van der Waals surface area (Å²) in [5, 5.41) is 3.13. The number of hydrogen-bond donors (Lipinski definition) is 1. The lowest BCUT2D eigenvalue weighted by molar-refractivity contribution is 0.0988. The van der Waals surface area contributed by atoms with Crippen LogP contribution >= 0.6 is 0 Å². The predicted octanol–water partition coefficient (Wildman–Crippen LogP) is 2.48. The van der Waals surface area contributed by atoms with Gasteiger partial charge in [0.2, 0.25) is 0 Å². The number of ketones is 1. The van der Waals surface area contributed by atoms with E-state index in [9.17, 15) is 4.79 Å². The molecule has 2 heteroatoms. The van der Waals surface area contributed by atoms with Crippen molar-refractivity contribution in [2.75, 3.05) is 6.54 Å². The predicted molar refractivity (Wildman–Crippen MR) is 63.4 cm³/mol. The average Bonchev–Trinajstić information content (AvgIpc) is 2.12. The molecule has 0 amide bonds. The van der Waals surface area contributed by atoms with Crippen LogP contribution < -0.4 is 5.32 Å². The molecule has 1 aromatic rings. The molecule has 0 radical (unpaired) electrons. The summed E-state index contributed by atoms with van der Waals surface area (Å²) in [6, 6.07) is 6.31. The van der Waals surface area contributed by atoms with Crippen LogP contribution in [0.5, 0.6) is 0 Å². The van der Waals surface area contributed by atoms with E-state index in [2.05, 4.69) is 11.4 Å². The van der Waals surface area contributed by atoms with E-state index >= 15 is 0 Å². The van der Waals surface area contributed by atoms with Gasteiger partial charge in [-0.25, -0.2) is 0 Å². The van der Waals surface area contributed by atoms with Gasteiger partial charge in [0, 0.05) is 11.6 Å². The first-order chi connectivity index (χ1) is 6.99. The lowest BCUT2D eigenvalue weighted by Gasteiger charge is -2.08. The van der Waals surface area contributed by atoms with Crippen LogP contribution in [0.1, 0.15) is 35.3 Å². The van der Waals surface area contributed by atoms with Gasteiger partial charge in [0.05, 0.1) is 6.54 Å². The summed E-state index contributed by atoms with van der Waals surface area (Å²) in [6.45, 7) is 8.52. The summed E-state index contributed by atoms with van der Waals surface area (Å²) in [5.74, 6) is 0.163. The van der Waals surface area contributed by atoms with Crippen molar-refractivity contribution in [3.05, 3.63) is 34.9 Å². The van der Waals surface area contributed by atoms with Crippen molar-refractivity contribution in [3.63, 3.8) is 0 Å². The highest BCUT2D eigenvalue weighted by molar-refractivity contribution is 5.97. The van der Waals surface area contributed by atoms with Gasteiger partial charge >= 0.3 is 0 Å². The molecule has 0 aliphatic carbocycles. The summed E-state index contributed by atoms with van der Waals surface area (Å²) in [5.41, 5.74) is 3.09. The second kappa shape index (κ2) is 5.08. The minimum absolute atomic E-state index is 0.163. The normalized spacial score (nSPS) is 10.7. The minimum atomic E-state index is 0.163. The number of rotatable bonds is 4. The number of Topliss-reactive ketones (excluding diaryl/α,β-unsaturated/α-hetero) is 1. The van der Waals surface area contributed by atoms with Gasteiger partial charge in [-0.1, -0.05) is 31.0 Å². The van der Waals surface area contributed by atoms with E-state index in [1.54, 1.807) is 0 Å². The fraction of sp³-hybridized carbons (Fsp3) is 0.462. The van der Waals surface area contributed by atoms with E-state index in [4.69, 9.17) is 0 Å². The fourth-order valence-corrected chi connectivity index (χ4v) is 1.53. The van der Waals surface area contributed by atoms with Crippen molar-refractivity contribution in [1.82, 2.24) is 5.32 Å². The molecule has 0 aliphatic rings. The number of carbonyl (C=O) groups excluding carboxylic acids is 1. The molecule has 0 saturated heterocycles. The zero-order valence-electron chi connectivity index (χ0n) is 9.92. The van der Waals surface area contributed by atoms with Crippen LogP contribution in [0.4, 0.5) is 0 Å². The summed E-state index contributed by atoms with van der Waals surface area (Å²) in [4.78, 5) is 11.8. The molecule has 1 N–H and O–H groups in total. The van der Waals surface area contributed by atoms with Crippen molar-refractivity contribution in [1.29, 1.82) is 0 Å². The van der Waals surface area contributed by atoms with Crippen molar-refractivity contribution in [3.8, 4) is 0 Å². The largest absolute Gasteiger partial charge is 0.307 e. The lowest BCUT2D eigenvalue weighted by atomic mass is 10.0. The highest BCUT2D eigenvalue weighted by Gasteiger charge is 2.06.